The fourth-order valence-electron chi connectivity index (χ4n) is 1.88. The van der Waals surface area contributed by atoms with Crippen molar-refractivity contribution in [2.45, 2.75) is 18.2 Å². The van der Waals surface area contributed by atoms with E-state index < -0.39 is 14.9 Å². The summed E-state index contributed by atoms with van der Waals surface area (Å²) in [6.45, 7) is 2.25. The Balaban J connectivity index is 2.30. The maximum Gasteiger partial charge on any atom is 0.311 e. The van der Waals surface area contributed by atoms with Gasteiger partial charge >= 0.3 is 5.69 Å². The molecule has 0 fully saturated rings. The quantitative estimate of drug-likeness (QED) is 0.435. The van der Waals surface area contributed by atoms with Crippen LogP contribution in [0.3, 0.4) is 0 Å². The van der Waals surface area contributed by atoms with E-state index in [1.54, 1.807) is 18.2 Å². The molecule has 0 amide bonds. The number of ether oxygens (including phenoxy) is 1. The lowest BCUT2D eigenvalue weighted by molar-refractivity contribution is -0.385. The number of nitro benzene ring substituents is 1. The van der Waals surface area contributed by atoms with Gasteiger partial charge < -0.3 is 4.74 Å². The molecular weight excluding hydrogens is 332 g/mol. The van der Waals surface area contributed by atoms with Crippen LogP contribution >= 0.6 is 0 Å². The predicted molar refractivity (Wildman–Crippen MR) is 90.1 cm³/mol. The molecule has 0 aliphatic heterocycles. The normalized spacial score (nSPS) is 11.5. The summed E-state index contributed by atoms with van der Waals surface area (Å²) in [5.41, 5.74) is 0.0644. The first kappa shape index (κ1) is 17.6. The Morgan fingerprint density at radius 2 is 1.92 bits per heavy atom. The highest BCUT2D eigenvalue weighted by Crippen LogP contribution is 2.27. The lowest BCUT2D eigenvalue weighted by Crippen LogP contribution is -2.01. The number of sulfonamides is 1. The van der Waals surface area contributed by atoms with Crippen molar-refractivity contribution in [3.05, 3.63) is 64.2 Å². The molecule has 0 heterocycles. The number of nitro groups is 1. The average molecular weight is 348 g/mol. The molecule has 0 saturated carbocycles. The highest BCUT2D eigenvalue weighted by molar-refractivity contribution is 7.90. The van der Waals surface area contributed by atoms with E-state index in [4.69, 9.17) is 4.74 Å². The number of nitrogens with zero attached hydrogens (tertiary/aromatic N) is 2. The number of rotatable bonds is 7. The molecule has 0 aliphatic rings. The minimum absolute atomic E-state index is 0.0543. The largest absolute Gasteiger partial charge is 0.487 e. The lowest BCUT2D eigenvalue weighted by Gasteiger charge is -2.05. The molecule has 8 heteroatoms. The van der Waals surface area contributed by atoms with Crippen molar-refractivity contribution in [3.63, 3.8) is 0 Å². The highest BCUT2D eigenvalue weighted by Gasteiger charge is 2.16. The minimum Gasteiger partial charge on any atom is -0.487 e. The third kappa shape index (κ3) is 4.39. The molecule has 0 radical (unpaired) electrons. The second kappa shape index (κ2) is 7.69. The van der Waals surface area contributed by atoms with Crippen LogP contribution in [-0.2, 0) is 10.0 Å². The van der Waals surface area contributed by atoms with Gasteiger partial charge in [-0.1, -0.05) is 25.1 Å². The van der Waals surface area contributed by atoms with E-state index in [9.17, 15) is 18.5 Å². The molecule has 0 spiro atoms. The van der Waals surface area contributed by atoms with Crippen molar-refractivity contribution in [3.8, 4) is 5.75 Å². The SMILES string of the molecule is CCCOc1ccc(/C=N\S(=O)(=O)c2ccccc2)cc1[N+](=O)[O-]. The Hall–Kier alpha value is -2.74. The molecule has 0 aliphatic carbocycles. The van der Waals surface area contributed by atoms with Gasteiger partial charge in [0.25, 0.3) is 10.0 Å². The molecule has 7 nitrogen and oxygen atoms in total. The van der Waals surface area contributed by atoms with Crippen LogP contribution in [0.5, 0.6) is 5.75 Å². The first-order valence-corrected chi connectivity index (χ1v) is 8.64. The first-order valence-electron chi connectivity index (χ1n) is 7.20. The Labute approximate surface area is 139 Å². The Kier molecular flexibility index (Phi) is 5.64. The van der Waals surface area contributed by atoms with Crippen LogP contribution in [0, 0.1) is 10.1 Å². The lowest BCUT2D eigenvalue weighted by atomic mass is 10.2. The van der Waals surface area contributed by atoms with Gasteiger partial charge in [0.15, 0.2) is 5.75 Å². The van der Waals surface area contributed by atoms with Gasteiger partial charge in [-0.25, -0.2) is 0 Å². The summed E-state index contributed by atoms with van der Waals surface area (Å²) in [5.74, 6) is 0.143. The van der Waals surface area contributed by atoms with Crippen molar-refractivity contribution in [2.75, 3.05) is 6.61 Å². The summed E-state index contributed by atoms with van der Waals surface area (Å²) < 4.78 is 33.0. The fourth-order valence-corrected chi connectivity index (χ4v) is 2.76. The van der Waals surface area contributed by atoms with Crippen LogP contribution in [0.2, 0.25) is 0 Å². The van der Waals surface area contributed by atoms with Crippen LogP contribution in [0.25, 0.3) is 0 Å². The van der Waals surface area contributed by atoms with Crippen molar-refractivity contribution in [1.29, 1.82) is 0 Å². The van der Waals surface area contributed by atoms with E-state index in [0.717, 1.165) is 12.6 Å². The van der Waals surface area contributed by atoms with Crippen LogP contribution in [0.4, 0.5) is 5.69 Å². The summed E-state index contributed by atoms with van der Waals surface area (Å²) in [6.07, 6.45) is 1.80. The van der Waals surface area contributed by atoms with Crippen LogP contribution in [0.15, 0.2) is 57.8 Å². The Morgan fingerprint density at radius 1 is 1.21 bits per heavy atom. The molecule has 2 aromatic carbocycles. The van der Waals surface area contributed by atoms with E-state index in [1.165, 1.54) is 30.3 Å². The molecule has 0 unspecified atom stereocenters. The molecule has 0 aromatic heterocycles. The molecule has 0 atom stereocenters. The topological polar surface area (TPSA) is 98.9 Å². The predicted octanol–water partition coefficient (Wildman–Crippen LogP) is 3.19. The highest BCUT2D eigenvalue weighted by atomic mass is 32.2. The third-order valence-corrected chi connectivity index (χ3v) is 4.27. The van der Waals surface area contributed by atoms with Crippen molar-refractivity contribution < 1.29 is 18.1 Å². The third-order valence-electron chi connectivity index (χ3n) is 3.02. The van der Waals surface area contributed by atoms with Crippen LogP contribution in [-0.4, -0.2) is 26.2 Å². The molecule has 0 bridgehead atoms. The standard InChI is InChI=1S/C16H16N2O5S/c1-2-10-23-16-9-8-13(11-15(16)18(19)20)12-17-24(21,22)14-6-4-3-5-7-14/h3-9,11-12H,2,10H2,1H3/b17-12-. The van der Waals surface area contributed by atoms with Gasteiger partial charge in [0.05, 0.1) is 16.4 Å². The maximum atomic E-state index is 12.1. The van der Waals surface area contributed by atoms with Crippen LogP contribution in [0.1, 0.15) is 18.9 Å². The van der Waals surface area contributed by atoms with Gasteiger partial charge in [-0.3, -0.25) is 10.1 Å². The molecule has 2 rings (SSSR count). The van der Waals surface area contributed by atoms with Crippen molar-refractivity contribution in [2.24, 2.45) is 4.40 Å². The van der Waals surface area contributed by atoms with E-state index in [2.05, 4.69) is 4.40 Å². The van der Waals surface area contributed by atoms with Crippen molar-refractivity contribution in [1.82, 2.24) is 0 Å². The molecule has 2 aromatic rings. The monoisotopic (exact) mass is 348 g/mol. The zero-order chi connectivity index (χ0) is 17.6. The van der Waals surface area contributed by atoms with Gasteiger partial charge in [0.1, 0.15) is 0 Å². The summed E-state index contributed by atoms with van der Waals surface area (Å²) >= 11 is 0. The van der Waals surface area contributed by atoms with E-state index in [0.29, 0.717) is 12.2 Å². The number of benzene rings is 2. The van der Waals surface area contributed by atoms with Gasteiger partial charge in [-0.2, -0.15) is 12.8 Å². The molecule has 24 heavy (non-hydrogen) atoms. The summed E-state index contributed by atoms with van der Waals surface area (Å²) in [7, 11) is -3.85. The zero-order valence-corrected chi connectivity index (χ0v) is 13.8. The molecule has 0 saturated heterocycles. The van der Waals surface area contributed by atoms with Gasteiger partial charge in [-0.05, 0) is 30.7 Å². The van der Waals surface area contributed by atoms with Gasteiger partial charge in [0.2, 0.25) is 0 Å². The molecule has 126 valence electrons. The number of hydrogen-bond acceptors (Lipinski definition) is 5. The van der Waals surface area contributed by atoms with Crippen molar-refractivity contribution >= 4 is 21.9 Å². The van der Waals surface area contributed by atoms with E-state index in [1.807, 2.05) is 6.92 Å². The number of hydrogen-bond donors (Lipinski definition) is 0. The van der Waals surface area contributed by atoms with Gasteiger partial charge in [-0.15, -0.1) is 0 Å². The average Bonchev–Trinajstić information content (AvgIpc) is 2.59. The maximum absolute atomic E-state index is 12.1. The zero-order valence-electron chi connectivity index (χ0n) is 13.0. The molecule has 0 N–H and O–H groups in total. The van der Waals surface area contributed by atoms with Gasteiger partial charge in [0, 0.05) is 17.8 Å². The smallest absolute Gasteiger partial charge is 0.311 e. The second-order valence-electron chi connectivity index (χ2n) is 4.86. The summed E-state index contributed by atoms with van der Waals surface area (Å²) in [6, 6.07) is 11.9. The molecular formula is C16H16N2O5S. The first-order chi connectivity index (χ1) is 11.4. The fraction of sp³-hybridized carbons (Fsp3) is 0.188. The van der Waals surface area contributed by atoms with E-state index in [-0.39, 0.29) is 16.3 Å². The Bertz CT molecular complexity index is 848. The minimum atomic E-state index is -3.85. The Morgan fingerprint density at radius 3 is 2.54 bits per heavy atom. The van der Waals surface area contributed by atoms with Crippen LogP contribution < -0.4 is 4.74 Å². The summed E-state index contributed by atoms with van der Waals surface area (Å²) in [5, 5.41) is 11.1. The van der Waals surface area contributed by atoms with E-state index >= 15 is 0 Å². The summed E-state index contributed by atoms with van der Waals surface area (Å²) in [4.78, 5) is 10.6. The second-order valence-corrected chi connectivity index (χ2v) is 6.49.